The number of carbonyl (C=O) groups is 2. The minimum Gasteiger partial charge on any atom is -0.442 e. The van der Waals surface area contributed by atoms with Gasteiger partial charge < -0.3 is 19.8 Å². The summed E-state index contributed by atoms with van der Waals surface area (Å²) in [5.74, 6) is -0.0742. The second-order valence-electron chi connectivity index (χ2n) is 7.32. The van der Waals surface area contributed by atoms with E-state index >= 15 is 0 Å². The standard InChI is InChI=1S/C21H22FN5O4/c1-13(28)23-11-16-12-27(21(29)31-16)15-4-5-17(18(22)9-15)14-3-6-19(24-10-14)20-25-30-8-7-26(20)2/h3-6,9-10,16H,7-8,11-12H2,1-2H3,(H,23,28)/t16-/m0/s1. The van der Waals surface area contributed by atoms with Crippen LogP contribution in [0.1, 0.15) is 12.6 Å². The second kappa shape index (κ2) is 8.58. The first-order valence-corrected chi connectivity index (χ1v) is 9.82. The number of pyridine rings is 1. The van der Waals surface area contributed by atoms with Gasteiger partial charge in [-0.25, -0.2) is 9.18 Å². The minimum absolute atomic E-state index is 0.209. The number of ether oxygens (including phenoxy) is 1. The SMILES string of the molecule is CC(=O)NC[C@H]1CN(c2ccc(-c3ccc(C4=NOCCN4C)nc3)c(F)c2)C(=O)O1. The third-order valence-electron chi connectivity index (χ3n) is 5.05. The molecule has 0 bridgehead atoms. The van der Waals surface area contributed by atoms with Crippen LogP contribution in [0.2, 0.25) is 0 Å². The first kappa shape index (κ1) is 20.6. The molecule has 31 heavy (non-hydrogen) atoms. The van der Waals surface area contributed by atoms with Gasteiger partial charge in [0.1, 0.15) is 24.2 Å². The van der Waals surface area contributed by atoms with Crippen LogP contribution in [0, 0.1) is 5.82 Å². The van der Waals surface area contributed by atoms with Crippen LogP contribution >= 0.6 is 0 Å². The van der Waals surface area contributed by atoms with Gasteiger partial charge in [0, 0.05) is 31.3 Å². The van der Waals surface area contributed by atoms with E-state index in [2.05, 4.69) is 15.5 Å². The van der Waals surface area contributed by atoms with Crippen LogP contribution in [0.3, 0.4) is 0 Å². The summed E-state index contributed by atoms with van der Waals surface area (Å²) in [6.07, 6.45) is 0.514. The third kappa shape index (κ3) is 4.42. The number of nitrogens with one attached hydrogen (secondary N) is 1. The average molecular weight is 427 g/mol. The Morgan fingerprint density at radius 3 is 2.84 bits per heavy atom. The molecule has 0 radical (unpaired) electrons. The maximum atomic E-state index is 14.9. The fraction of sp³-hybridized carbons (Fsp3) is 0.333. The van der Waals surface area contributed by atoms with E-state index in [4.69, 9.17) is 9.57 Å². The maximum Gasteiger partial charge on any atom is 0.414 e. The maximum absolute atomic E-state index is 14.9. The van der Waals surface area contributed by atoms with Crippen LogP contribution in [-0.2, 0) is 14.4 Å². The van der Waals surface area contributed by atoms with Crippen molar-refractivity contribution < 1.29 is 23.6 Å². The number of nitrogens with zero attached hydrogens (tertiary/aromatic N) is 4. The molecule has 0 aliphatic carbocycles. The van der Waals surface area contributed by atoms with Gasteiger partial charge in [0.15, 0.2) is 5.84 Å². The highest BCUT2D eigenvalue weighted by molar-refractivity contribution is 5.97. The number of rotatable bonds is 5. The summed E-state index contributed by atoms with van der Waals surface area (Å²) in [6.45, 7) is 3.06. The normalized spacial score (nSPS) is 18.4. The summed E-state index contributed by atoms with van der Waals surface area (Å²) in [6, 6.07) is 8.07. The van der Waals surface area contributed by atoms with Crippen molar-refractivity contribution >= 4 is 23.5 Å². The fourth-order valence-electron chi connectivity index (χ4n) is 3.39. The van der Waals surface area contributed by atoms with Crippen LogP contribution < -0.4 is 10.2 Å². The van der Waals surface area contributed by atoms with E-state index in [-0.39, 0.29) is 19.0 Å². The third-order valence-corrected chi connectivity index (χ3v) is 5.05. The van der Waals surface area contributed by atoms with Crippen LogP contribution in [0.25, 0.3) is 11.1 Å². The smallest absolute Gasteiger partial charge is 0.414 e. The molecule has 1 aromatic heterocycles. The predicted octanol–water partition coefficient (Wildman–Crippen LogP) is 1.97. The first-order chi connectivity index (χ1) is 14.9. The summed E-state index contributed by atoms with van der Waals surface area (Å²) in [4.78, 5) is 36.0. The van der Waals surface area contributed by atoms with E-state index in [1.54, 1.807) is 30.5 Å². The molecule has 3 heterocycles. The molecule has 1 N–H and O–H groups in total. The Morgan fingerprint density at radius 1 is 1.32 bits per heavy atom. The Bertz CT molecular complexity index is 1030. The molecule has 1 atom stereocenters. The van der Waals surface area contributed by atoms with E-state index in [9.17, 15) is 14.0 Å². The molecule has 2 aliphatic rings. The average Bonchev–Trinajstić information content (AvgIpc) is 3.13. The number of carbonyl (C=O) groups excluding carboxylic acids is 2. The number of likely N-dealkylation sites (N-methyl/N-ethyl adjacent to an activating group) is 1. The van der Waals surface area contributed by atoms with Gasteiger partial charge in [-0.05, 0) is 24.3 Å². The van der Waals surface area contributed by atoms with Crippen LogP contribution in [-0.4, -0.2) is 67.1 Å². The molecule has 1 fully saturated rings. The number of amides is 2. The second-order valence-corrected chi connectivity index (χ2v) is 7.32. The van der Waals surface area contributed by atoms with Crippen molar-refractivity contribution in [2.75, 3.05) is 38.2 Å². The van der Waals surface area contributed by atoms with Crippen molar-refractivity contribution in [2.24, 2.45) is 5.16 Å². The van der Waals surface area contributed by atoms with E-state index in [0.29, 0.717) is 41.5 Å². The molecule has 2 aromatic rings. The molecule has 162 valence electrons. The molecule has 9 nitrogen and oxygen atoms in total. The van der Waals surface area contributed by atoms with Gasteiger partial charge in [-0.3, -0.25) is 14.7 Å². The number of oxime groups is 1. The van der Waals surface area contributed by atoms with Crippen molar-refractivity contribution in [3.63, 3.8) is 0 Å². The zero-order chi connectivity index (χ0) is 22.0. The molecular weight excluding hydrogens is 405 g/mol. The number of anilines is 1. The van der Waals surface area contributed by atoms with Gasteiger partial charge in [0.25, 0.3) is 0 Å². The van der Waals surface area contributed by atoms with Crippen LogP contribution in [0.4, 0.5) is 14.9 Å². The Morgan fingerprint density at radius 2 is 2.16 bits per heavy atom. The molecule has 1 saturated heterocycles. The number of halogens is 1. The summed E-state index contributed by atoms with van der Waals surface area (Å²) in [7, 11) is 1.90. The Hall–Kier alpha value is -3.69. The zero-order valence-corrected chi connectivity index (χ0v) is 17.2. The lowest BCUT2D eigenvalue weighted by atomic mass is 10.1. The van der Waals surface area contributed by atoms with E-state index in [1.807, 2.05) is 11.9 Å². The molecule has 1 aromatic carbocycles. The van der Waals surface area contributed by atoms with E-state index in [0.717, 1.165) is 0 Å². The number of hydrogen-bond donors (Lipinski definition) is 1. The van der Waals surface area contributed by atoms with Crippen molar-refractivity contribution in [3.05, 3.63) is 48.0 Å². The number of cyclic esters (lactones) is 1. The molecule has 4 rings (SSSR count). The lowest BCUT2D eigenvalue weighted by Gasteiger charge is -2.23. The van der Waals surface area contributed by atoms with Gasteiger partial charge >= 0.3 is 6.09 Å². The van der Waals surface area contributed by atoms with Crippen molar-refractivity contribution in [3.8, 4) is 11.1 Å². The summed E-state index contributed by atoms with van der Waals surface area (Å²) < 4.78 is 20.1. The molecular formula is C21H22FN5O4. The summed E-state index contributed by atoms with van der Waals surface area (Å²) in [5, 5.41) is 6.64. The minimum atomic E-state index is -0.576. The Kier molecular flexibility index (Phi) is 5.70. The fourth-order valence-corrected chi connectivity index (χ4v) is 3.39. The van der Waals surface area contributed by atoms with E-state index in [1.165, 1.54) is 17.9 Å². The molecule has 0 saturated carbocycles. The number of aromatic nitrogens is 1. The monoisotopic (exact) mass is 427 g/mol. The van der Waals surface area contributed by atoms with Crippen LogP contribution in [0.5, 0.6) is 0 Å². The molecule has 10 heteroatoms. The number of benzene rings is 1. The number of hydrogen-bond acceptors (Lipinski definition) is 7. The Labute approximate surface area is 178 Å². The lowest BCUT2D eigenvalue weighted by Crippen LogP contribution is -2.34. The van der Waals surface area contributed by atoms with Crippen molar-refractivity contribution in [1.29, 1.82) is 0 Å². The molecule has 0 unspecified atom stereocenters. The predicted molar refractivity (Wildman–Crippen MR) is 111 cm³/mol. The lowest BCUT2D eigenvalue weighted by molar-refractivity contribution is -0.119. The van der Waals surface area contributed by atoms with Gasteiger partial charge in [-0.15, -0.1) is 0 Å². The Balaban J connectivity index is 1.50. The van der Waals surface area contributed by atoms with Crippen LogP contribution in [0.15, 0.2) is 41.7 Å². The highest BCUT2D eigenvalue weighted by Crippen LogP contribution is 2.29. The quantitative estimate of drug-likeness (QED) is 0.784. The van der Waals surface area contributed by atoms with E-state index < -0.39 is 18.0 Å². The van der Waals surface area contributed by atoms with Gasteiger partial charge in [-0.2, -0.15) is 0 Å². The first-order valence-electron chi connectivity index (χ1n) is 9.82. The molecule has 0 spiro atoms. The highest BCUT2D eigenvalue weighted by Gasteiger charge is 2.32. The summed E-state index contributed by atoms with van der Waals surface area (Å²) >= 11 is 0. The summed E-state index contributed by atoms with van der Waals surface area (Å²) in [5.41, 5.74) is 1.98. The highest BCUT2D eigenvalue weighted by atomic mass is 19.1. The van der Waals surface area contributed by atoms with Gasteiger partial charge in [0.2, 0.25) is 5.91 Å². The van der Waals surface area contributed by atoms with Gasteiger partial charge in [-0.1, -0.05) is 11.2 Å². The largest absolute Gasteiger partial charge is 0.442 e. The number of amidine groups is 1. The topological polar surface area (TPSA) is 96.4 Å². The van der Waals surface area contributed by atoms with Gasteiger partial charge in [0.05, 0.1) is 25.3 Å². The van der Waals surface area contributed by atoms with Crippen molar-refractivity contribution in [2.45, 2.75) is 13.0 Å². The zero-order valence-electron chi connectivity index (χ0n) is 17.2. The molecule has 2 aliphatic heterocycles. The molecule has 2 amide bonds. The van der Waals surface area contributed by atoms with Crippen molar-refractivity contribution in [1.82, 2.24) is 15.2 Å².